The summed E-state index contributed by atoms with van der Waals surface area (Å²) in [5, 5.41) is 6.17. The Morgan fingerprint density at radius 3 is 2.30 bits per heavy atom. The first-order chi connectivity index (χ1) is 4.85. The summed E-state index contributed by atoms with van der Waals surface area (Å²) >= 11 is 0. The normalized spacial score (nSPS) is 11.5. The molecule has 2 heteroatoms. The van der Waals surface area contributed by atoms with Crippen molar-refractivity contribution in [2.75, 3.05) is 13.1 Å². The van der Waals surface area contributed by atoms with Gasteiger partial charge in [-0.25, -0.2) is 0 Å². The van der Waals surface area contributed by atoms with Gasteiger partial charge < -0.3 is 0 Å². The molecule has 0 saturated carbocycles. The van der Waals surface area contributed by atoms with Crippen molar-refractivity contribution in [3.63, 3.8) is 0 Å². The van der Waals surface area contributed by atoms with Crippen LogP contribution in [-0.2, 0) is 0 Å². The van der Waals surface area contributed by atoms with Crippen LogP contribution in [0.2, 0.25) is 0 Å². The molecule has 0 radical (unpaired) electrons. The molecule has 0 saturated heterocycles. The Balaban J connectivity index is 3.60. The van der Waals surface area contributed by atoms with E-state index in [4.69, 9.17) is 0 Å². The predicted molar refractivity (Wildman–Crippen MR) is 46.2 cm³/mol. The highest BCUT2D eigenvalue weighted by atomic mass is 15.4. The molecule has 0 unspecified atom stereocenters. The summed E-state index contributed by atoms with van der Waals surface area (Å²) in [4.78, 5) is 0. The quantitative estimate of drug-likeness (QED) is 0.430. The highest BCUT2D eigenvalue weighted by molar-refractivity contribution is 5.70. The van der Waals surface area contributed by atoms with E-state index in [1.54, 1.807) is 0 Å². The van der Waals surface area contributed by atoms with Crippen LogP contribution in [0.4, 0.5) is 0 Å². The van der Waals surface area contributed by atoms with Crippen molar-refractivity contribution in [1.29, 1.82) is 0 Å². The minimum atomic E-state index is 0.977. The van der Waals surface area contributed by atoms with E-state index in [0.717, 1.165) is 13.1 Å². The highest BCUT2D eigenvalue weighted by Crippen LogP contribution is 1.85. The zero-order valence-corrected chi connectivity index (χ0v) is 7.04. The van der Waals surface area contributed by atoms with E-state index in [0.29, 0.717) is 0 Å². The fraction of sp³-hybridized carbons (Fsp3) is 0.625. The van der Waals surface area contributed by atoms with Crippen LogP contribution >= 0.6 is 0 Å². The van der Waals surface area contributed by atoms with Crippen molar-refractivity contribution in [2.45, 2.75) is 20.8 Å². The number of hydrogen-bond donors (Lipinski definition) is 0. The van der Waals surface area contributed by atoms with Gasteiger partial charge >= 0.3 is 0 Å². The monoisotopic (exact) mass is 140 g/mol. The Morgan fingerprint density at radius 1 is 1.30 bits per heavy atom. The van der Waals surface area contributed by atoms with Crippen LogP contribution in [0.1, 0.15) is 20.8 Å². The third-order valence-electron chi connectivity index (χ3n) is 1.24. The fourth-order valence-electron chi connectivity index (χ4n) is 0.606. The minimum Gasteiger partial charge on any atom is -0.298 e. The third-order valence-corrected chi connectivity index (χ3v) is 1.24. The molecular weight excluding hydrogens is 124 g/mol. The van der Waals surface area contributed by atoms with Gasteiger partial charge in [0.1, 0.15) is 0 Å². The molecule has 0 N–H and O–H groups in total. The zero-order valence-electron chi connectivity index (χ0n) is 7.04. The molecule has 58 valence electrons. The molecular formula is C8H16N2. The van der Waals surface area contributed by atoms with Crippen LogP contribution in [0, 0.1) is 0 Å². The summed E-state index contributed by atoms with van der Waals surface area (Å²) < 4.78 is 0. The van der Waals surface area contributed by atoms with Gasteiger partial charge in [-0.15, -0.1) is 0 Å². The average molecular weight is 140 g/mol. The Hall–Kier alpha value is -0.790. The van der Waals surface area contributed by atoms with Crippen molar-refractivity contribution < 1.29 is 0 Å². The molecule has 0 atom stereocenters. The summed E-state index contributed by atoms with van der Waals surface area (Å²) in [6.07, 6.45) is 5.71. The molecule has 10 heavy (non-hydrogen) atoms. The number of hydrazone groups is 1. The van der Waals surface area contributed by atoms with E-state index in [-0.39, 0.29) is 0 Å². The first-order valence-electron chi connectivity index (χ1n) is 3.75. The average Bonchev–Trinajstić information content (AvgIpc) is 1.99. The molecule has 0 aliphatic rings. The molecule has 0 aliphatic heterocycles. The molecule has 0 spiro atoms. The van der Waals surface area contributed by atoms with Gasteiger partial charge in [-0.1, -0.05) is 6.08 Å². The summed E-state index contributed by atoms with van der Waals surface area (Å²) in [5.74, 6) is 0. The smallest absolute Gasteiger partial charge is 0.0467 e. The van der Waals surface area contributed by atoms with Crippen LogP contribution in [-0.4, -0.2) is 24.3 Å². The van der Waals surface area contributed by atoms with E-state index < -0.39 is 0 Å². The number of hydrogen-bond acceptors (Lipinski definition) is 2. The Kier molecular flexibility index (Phi) is 5.83. The molecule has 0 bridgehead atoms. The molecule has 0 aromatic rings. The van der Waals surface area contributed by atoms with Gasteiger partial charge in [0.15, 0.2) is 0 Å². The molecule has 0 aromatic carbocycles. The summed E-state index contributed by atoms with van der Waals surface area (Å²) in [6.45, 7) is 8.12. The first kappa shape index (κ1) is 9.21. The predicted octanol–water partition coefficient (Wildman–Crippen LogP) is 1.89. The minimum absolute atomic E-state index is 0.977. The second kappa shape index (κ2) is 6.33. The van der Waals surface area contributed by atoms with Crippen LogP contribution in [0.3, 0.4) is 0 Å². The van der Waals surface area contributed by atoms with Gasteiger partial charge in [-0.2, -0.15) is 5.10 Å². The fourth-order valence-corrected chi connectivity index (χ4v) is 0.606. The highest BCUT2D eigenvalue weighted by Gasteiger charge is 1.86. The lowest BCUT2D eigenvalue weighted by molar-refractivity contribution is 0.323. The van der Waals surface area contributed by atoms with Crippen molar-refractivity contribution in [1.82, 2.24) is 5.01 Å². The van der Waals surface area contributed by atoms with Crippen molar-refractivity contribution >= 4 is 6.21 Å². The Labute approximate surface area is 63.2 Å². The van der Waals surface area contributed by atoms with Crippen LogP contribution in [0.25, 0.3) is 0 Å². The zero-order chi connectivity index (χ0) is 7.82. The second-order valence-electron chi connectivity index (χ2n) is 1.93. The van der Waals surface area contributed by atoms with Gasteiger partial charge in [0.25, 0.3) is 0 Å². The molecule has 0 aliphatic carbocycles. The van der Waals surface area contributed by atoms with Gasteiger partial charge in [0.05, 0.1) is 0 Å². The van der Waals surface area contributed by atoms with Crippen molar-refractivity contribution in [3.8, 4) is 0 Å². The Morgan fingerprint density at radius 2 is 1.90 bits per heavy atom. The molecule has 0 amide bonds. The first-order valence-corrected chi connectivity index (χ1v) is 3.75. The summed E-state index contributed by atoms with van der Waals surface area (Å²) in [7, 11) is 0. The standard InChI is InChI=1S/C8H16N2/c1-4-7-8-9-10(5-2)6-3/h4,7-8H,5-6H2,1-3H3/b7-4+,9-8-. The molecule has 0 heterocycles. The third kappa shape index (κ3) is 4.13. The maximum Gasteiger partial charge on any atom is 0.0467 e. The maximum atomic E-state index is 4.17. The summed E-state index contributed by atoms with van der Waals surface area (Å²) in [5.41, 5.74) is 0. The number of rotatable bonds is 4. The number of nitrogens with zero attached hydrogens (tertiary/aromatic N) is 2. The lowest BCUT2D eigenvalue weighted by Crippen LogP contribution is -2.15. The van der Waals surface area contributed by atoms with E-state index >= 15 is 0 Å². The lowest BCUT2D eigenvalue weighted by atomic mass is 10.6. The van der Waals surface area contributed by atoms with Crippen molar-refractivity contribution in [2.24, 2.45) is 5.10 Å². The number of allylic oxidation sites excluding steroid dienone is 2. The van der Waals surface area contributed by atoms with Crippen molar-refractivity contribution in [3.05, 3.63) is 12.2 Å². The molecule has 0 fully saturated rings. The van der Waals surface area contributed by atoms with E-state index in [2.05, 4.69) is 18.9 Å². The van der Waals surface area contributed by atoms with E-state index in [1.165, 1.54) is 0 Å². The van der Waals surface area contributed by atoms with Gasteiger partial charge in [-0.05, 0) is 26.8 Å². The summed E-state index contributed by atoms with van der Waals surface area (Å²) in [6, 6.07) is 0. The largest absolute Gasteiger partial charge is 0.298 e. The van der Waals surface area contributed by atoms with Crippen LogP contribution < -0.4 is 0 Å². The molecule has 0 rings (SSSR count). The maximum absolute atomic E-state index is 4.17. The lowest BCUT2D eigenvalue weighted by Gasteiger charge is -2.12. The Bertz CT molecular complexity index is 112. The SMILES string of the molecule is C/C=C/C=N\N(CC)CC. The van der Waals surface area contributed by atoms with Gasteiger partial charge in [-0.3, -0.25) is 5.01 Å². The van der Waals surface area contributed by atoms with Crippen LogP contribution in [0.15, 0.2) is 17.3 Å². The molecule has 0 aromatic heterocycles. The van der Waals surface area contributed by atoms with Gasteiger partial charge in [0, 0.05) is 19.3 Å². The van der Waals surface area contributed by atoms with E-state index in [9.17, 15) is 0 Å². The molecule has 2 nitrogen and oxygen atoms in total. The van der Waals surface area contributed by atoms with E-state index in [1.807, 2.05) is 30.3 Å². The van der Waals surface area contributed by atoms with Gasteiger partial charge in [0.2, 0.25) is 0 Å². The topological polar surface area (TPSA) is 15.6 Å². The second-order valence-corrected chi connectivity index (χ2v) is 1.93. The van der Waals surface area contributed by atoms with Crippen LogP contribution in [0.5, 0.6) is 0 Å².